The van der Waals surface area contributed by atoms with E-state index in [0.29, 0.717) is 53.3 Å². The van der Waals surface area contributed by atoms with Gasteiger partial charge in [-0.1, -0.05) is 29.8 Å². The van der Waals surface area contributed by atoms with Crippen molar-refractivity contribution in [1.29, 1.82) is 0 Å². The van der Waals surface area contributed by atoms with E-state index in [2.05, 4.69) is 27.5 Å². The van der Waals surface area contributed by atoms with Crippen LogP contribution < -0.4 is 25.4 Å². The Hall–Kier alpha value is -3.48. The quantitative estimate of drug-likeness (QED) is 0.266. The van der Waals surface area contributed by atoms with Crippen molar-refractivity contribution in [2.75, 3.05) is 38.1 Å². The molecule has 2 aliphatic rings. The summed E-state index contributed by atoms with van der Waals surface area (Å²) in [6, 6.07) is 2.17. The molecule has 1 saturated heterocycles. The van der Waals surface area contributed by atoms with Gasteiger partial charge in [0, 0.05) is 48.7 Å². The van der Waals surface area contributed by atoms with Crippen LogP contribution in [0.3, 0.4) is 0 Å². The number of methoxy groups -OCH3 is 2. The number of carbonyl (C=O) groups is 1. The second kappa shape index (κ2) is 12.4. The lowest BCUT2D eigenvalue weighted by molar-refractivity contribution is -0.117. The molecule has 1 aliphatic carbocycles. The Morgan fingerprint density at radius 1 is 1.12 bits per heavy atom. The number of nitrogens with zero attached hydrogens (tertiary/aromatic N) is 3. The fraction of sp³-hybridized carbons (Fsp3) is 0.429. The topological polar surface area (TPSA) is 120 Å². The molecule has 2 aromatic heterocycles. The van der Waals surface area contributed by atoms with Crippen LogP contribution in [-0.2, 0) is 9.53 Å². The lowest BCUT2D eigenvalue weighted by Gasteiger charge is -2.32. The van der Waals surface area contributed by atoms with Gasteiger partial charge in [-0.05, 0) is 25.0 Å². The third-order valence-electron chi connectivity index (χ3n) is 7.32. The van der Waals surface area contributed by atoms with E-state index in [-0.39, 0.29) is 59.1 Å². The second-order valence-corrected chi connectivity index (χ2v) is 10.9. The van der Waals surface area contributed by atoms with Gasteiger partial charge in [0.05, 0.1) is 48.6 Å². The predicted octanol–water partition coefficient (Wildman–Crippen LogP) is 5.49. The Kier molecular flexibility index (Phi) is 8.86. The highest BCUT2D eigenvalue weighted by Gasteiger charge is 2.40. The number of benzene rings is 1. The van der Waals surface area contributed by atoms with Crippen LogP contribution in [0.2, 0.25) is 10.0 Å². The molecule has 0 spiro atoms. The molecule has 224 valence electrons. The van der Waals surface area contributed by atoms with Crippen molar-refractivity contribution in [3.05, 3.63) is 41.0 Å². The second-order valence-electron chi connectivity index (χ2n) is 10.1. The van der Waals surface area contributed by atoms with Crippen molar-refractivity contribution in [2.45, 2.75) is 49.7 Å². The number of amides is 1. The number of fused-ring (bicyclic) bond motifs is 1. The molecule has 0 radical (unpaired) electrons. The van der Waals surface area contributed by atoms with E-state index in [4.69, 9.17) is 47.4 Å². The van der Waals surface area contributed by atoms with Gasteiger partial charge in [-0.15, -0.1) is 0 Å². The van der Waals surface area contributed by atoms with Gasteiger partial charge in [0.15, 0.2) is 5.82 Å². The molecule has 1 unspecified atom stereocenters. The molecule has 3 N–H and O–H groups in total. The van der Waals surface area contributed by atoms with Crippen LogP contribution in [0.25, 0.3) is 22.2 Å². The first-order valence-electron chi connectivity index (χ1n) is 13.3. The number of nitrogens with one attached hydrogen (secondary N) is 3. The van der Waals surface area contributed by atoms with Crippen LogP contribution in [0.15, 0.2) is 31.0 Å². The van der Waals surface area contributed by atoms with E-state index in [0.717, 1.165) is 0 Å². The molecule has 10 nitrogen and oxygen atoms in total. The van der Waals surface area contributed by atoms with Crippen molar-refractivity contribution in [3.63, 3.8) is 0 Å². The van der Waals surface area contributed by atoms with Crippen molar-refractivity contribution < 1.29 is 27.8 Å². The van der Waals surface area contributed by atoms with E-state index < -0.39 is 12.0 Å². The van der Waals surface area contributed by atoms with Crippen molar-refractivity contribution >= 4 is 51.8 Å². The summed E-state index contributed by atoms with van der Waals surface area (Å²) in [4.78, 5) is 25.9. The van der Waals surface area contributed by atoms with E-state index in [1.807, 2.05) is 0 Å². The number of carbonyl (C=O) groups excluding carboxylic acids is 1. The molecule has 42 heavy (non-hydrogen) atoms. The van der Waals surface area contributed by atoms with E-state index in [1.165, 1.54) is 20.3 Å². The molecule has 1 aromatic carbocycles. The van der Waals surface area contributed by atoms with Gasteiger partial charge >= 0.3 is 0 Å². The first-order chi connectivity index (χ1) is 20.1. The SMILES string of the molecule is C=CC(=O)N[C@H]1CCOC[C@H]1Nc1ncc2cc(-c3c(Cl)c(OC)cc(OC)c3Cl)nc(NC3CCC(F)(F)C3)c2n1. The monoisotopic (exact) mass is 622 g/mol. The van der Waals surface area contributed by atoms with E-state index >= 15 is 0 Å². The summed E-state index contributed by atoms with van der Waals surface area (Å²) in [6.45, 7) is 4.32. The summed E-state index contributed by atoms with van der Waals surface area (Å²) in [7, 11) is 2.93. The molecular weight excluding hydrogens is 593 g/mol. The molecule has 3 heterocycles. The molecule has 0 bridgehead atoms. The smallest absolute Gasteiger partial charge is 0.250 e. The number of rotatable bonds is 9. The van der Waals surface area contributed by atoms with Gasteiger partial charge in [-0.2, -0.15) is 0 Å². The number of alkyl halides is 2. The predicted molar refractivity (Wildman–Crippen MR) is 157 cm³/mol. The van der Waals surface area contributed by atoms with E-state index in [9.17, 15) is 13.6 Å². The maximum Gasteiger partial charge on any atom is 0.250 e. The van der Waals surface area contributed by atoms with E-state index in [1.54, 1.807) is 18.3 Å². The third kappa shape index (κ3) is 6.30. The summed E-state index contributed by atoms with van der Waals surface area (Å²) in [5.74, 6) is -1.90. The fourth-order valence-electron chi connectivity index (χ4n) is 5.18. The summed E-state index contributed by atoms with van der Waals surface area (Å²) < 4.78 is 44.6. The number of aromatic nitrogens is 3. The highest BCUT2D eigenvalue weighted by Crippen LogP contribution is 2.46. The van der Waals surface area contributed by atoms with Crippen LogP contribution in [0.4, 0.5) is 20.5 Å². The Morgan fingerprint density at radius 3 is 2.50 bits per heavy atom. The first kappa shape index (κ1) is 30.0. The Morgan fingerprint density at radius 2 is 1.86 bits per heavy atom. The standard InChI is InChI=1S/C28H30Cl2F2N6O4/c1-4-21(39)35-16-6-8-42-13-18(16)37-27-33-12-14-9-17(22-23(29)19(40-2)10-20(41-3)24(22)30)36-26(25(14)38-27)34-15-5-7-28(31,32)11-15/h4,9-10,12,15-16,18H,1,5-8,11,13H2,2-3H3,(H,34,36)(H,35,39)(H,33,37,38)/t15?,16-,18+/m0/s1. The highest BCUT2D eigenvalue weighted by molar-refractivity contribution is 6.41. The lowest BCUT2D eigenvalue weighted by Crippen LogP contribution is -2.52. The van der Waals surface area contributed by atoms with Gasteiger partial charge < -0.3 is 30.2 Å². The summed E-state index contributed by atoms with van der Waals surface area (Å²) in [6.07, 6.45) is 3.08. The van der Waals surface area contributed by atoms with Crippen molar-refractivity contribution in [1.82, 2.24) is 20.3 Å². The minimum Gasteiger partial charge on any atom is -0.495 e. The summed E-state index contributed by atoms with van der Waals surface area (Å²) in [5, 5.41) is 10.3. The number of hydrogen-bond acceptors (Lipinski definition) is 9. The normalized spacial score (nSPS) is 21.5. The number of ether oxygens (including phenoxy) is 3. The number of anilines is 2. The molecule has 1 saturated carbocycles. The Bertz CT molecular complexity index is 1480. The zero-order valence-corrected chi connectivity index (χ0v) is 24.5. The summed E-state index contributed by atoms with van der Waals surface area (Å²) >= 11 is 13.3. The first-order valence-corrected chi connectivity index (χ1v) is 14.1. The maximum atomic E-state index is 14.1. The van der Waals surface area contributed by atoms with Gasteiger partial charge in [-0.25, -0.2) is 23.7 Å². The molecule has 5 rings (SSSR count). The molecule has 1 aliphatic heterocycles. The van der Waals surface area contributed by atoms with Gasteiger partial charge in [0.1, 0.15) is 17.0 Å². The minimum absolute atomic E-state index is 0.206. The zero-order chi connectivity index (χ0) is 30.0. The average molecular weight is 623 g/mol. The molecule has 1 amide bonds. The molecule has 3 aromatic rings. The third-order valence-corrected chi connectivity index (χ3v) is 8.07. The van der Waals surface area contributed by atoms with Crippen LogP contribution in [-0.4, -0.2) is 72.3 Å². The molecule has 14 heteroatoms. The number of hydrogen-bond donors (Lipinski definition) is 3. The Balaban J connectivity index is 1.57. The lowest BCUT2D eigenvalue weighted by atomic mass is 10.0. The van der Waals surface area contributed by atoms with Gasteiger partial charge in [0.25, 0.3) is 0 Å². The van der Waals surface area contributed by atoms with Crippen LogP contribution in [0.1, 0.15) is 25.7 Å². The summed E-state index contributed by atoms with van der Waals surface area (Å²) in [5.41, 5.74) is 1.09. The molecular formula is C28H30Cl2F2N6O4. The highest BCUT2D eigenvalue weighted by atomic mass is 35.5. The van der Waals surface area contributed by atoms with Gasteiger partial charge in [-0.3, -0.25) is 4.79 Å². The van der Waals surface area contributed by atoms with Crippen molar-refractivity contribution in [3.8, 4) is 22.8 Å². The molecule has 2 fully saturated rings. The van der Waals surface area contributed by atoms with Crippen LogP contribution in [0.5, 0.6) is 11.5 Å². The largest absolute Gasteiger partial charge is 0.495 e. The van der Waals surface area contributed by atoms with Crippen LogP contribution >= 0.6 is 23.2 Å². The van der Waals surface area contributed by atoms with Crippen LogP contribution in [0, 0.1) is 0 Å². The minimum atomic E-state index is -2.77. The van der Waals surface area contributed by atoms with Crippen molar-refractivity contribution in [2.24, 2.45) is 0 Å². The number of pyridine rings is 1. The number of halogens is 4. The van der Waals surface area contributed by atoms with Gasteiger partial charge in [0.2, 0.25) is 17.8 Å². The molecule has 3 atom stereocenters. The maximum absolute atomic E-state index is 14.1. The Labute approximate surface area is 251 Å². The zero-order valence-electron chi connectivity index (χ0n) is 23.0. The fourth-order valence-corrected chi connectivity index (χ4v) is 5.87. The average Bonchev–Trinajstić information content (AvgIpc) is 3.32.